The Morgan fingerprint density at radius 3 is 2.00 bits per heavy atom. The number of nitrogens with zero attached hydrogens (tertiary/aromatic N) is 1. The van der Waals surface area contributed by atoms with E-state index in [2.05, 4.69) is 37.3 Å². The normalized spacial score (nSPS) is 19.7. The standard InChI is InChI=1S/C28H41N/c1-2-3-7-12-25-16-20-27(21-17-25)14-9-10-15-28-22-18-26(19-23-28)13-8-5-4-6-11-24-29/h4-6,11,16-17,20-21,26,28H,2-3,7-10,12-15,18-19,22-23H2,1H3/b5-4+,11-6+/t26-,28-. The molecule has 1 aromatic rings. The summed E-state index contributed by atoms with van der Waals surface area (Å²) in [6.45, 7) is 2.27. The Bertz CT molecular complexity index is 623. The van der Waals surface area contributed by atoms with E-state index < -0.39 is 0 Å². The molecular formula is C28H41N. The first-order chi connectivity index (χ1) is 14.3. The van der Waals surface area contributed by atoms with Gasteiger partial charge in [0.1, 0.15) is 0 Å². The minimum absolute atomic E-state index is 0.923. The second-order valence-electron chi connectivity index (χ2n) is 8.90. The van der Waals surface area contributed by atoms with Gasteiger partial charge in [0.05, 0.1) is 6.07 Å². The molecule has 0 aliphatic heterocycles. The molecule has 29 heavy (non-hydrogen) atoms. The fourth-order valence-corrected chi connectivity index (χ4v) is 4.63. The molecular weight excluding hydrogens is 350 g/mol. The lowest BCUT2D eigenvalue weighted by atomic mass is 9.78. The Morgan fingerprint density at radius 2 is 1.41 bits per heavy atom. The Morgan fingerprint density at radius 1 is 0.828 bits per heavy atom. The number of allylic oxidation sites excluding steroid dienone is 4. The molecule has 0 radical (unpaired) electrons. The monoisotopic (exact) mass is 391 g/mol. The second kappa shape index (κ2) is 15.1. The van der Waals surface area contributed by atoms with Crippen LogP contribution in [0.1, 0.15) is 95.1 Å². The zero-order chi connectivity index (χ0) is 20.6. The van der Waals surface area contributed by atoms with Crippen LogP contribution in [-0.4, -0.2) is 0 Å². The van der Waals surface area contributed by atoms with Crippen molar-refractivity contribution in [2.24, 2.45) is 11.8 Å². The first kappa shape index (κ1) is 23.5. The minimum atomic E-state index is 0.923. The number of benzene rings is 1. The van der Waals surface area contributed by atoms with Gasteiger partial charge in [0, 0.05) is 6.08 Å². The molecule has 1 aliphatic rings. The van der Waals surface area contributed by atoms with Crippen LogP contribution in [0.15, 0.2) is 48.6 Å². The van der Waals surface area contributed by atoms with Crippen LogP contribution < -0.4 is 0 Å². The highest BCUT2D eigenvalue weighted by atomic mass is 14.3. The maximum atomic E-state index is 8.46. The number of rotatable bonds is 13. The smallest absolute Gasteiger partial charge is 0.0912 e. The lowest BCUT2D eigenvalue weighted by Crippen LogP contribution is -2.14. The molecule has 0 unspecified atom stereocenters. The van der Waals surface area contributed by atoms with Crippen LogP contribution in [0.4, 0.5) is 0 Å². The van der Waals surface area contributed by atoms with E-state index in [4.69, 9.17) is 5.26 Å². The maximum Gasteiger partial charge on any atom is 0.0912 e. The molecule has 0 bridgehead atoms. The van der Waals surface area contributed by atoms with Crippen LogP contribution in [0.2, 0.25) is 0 Å². The van der Waals surface area contributed by atoms with Crippen molar-refractivity contribution in [3.05, 3.63) is 59.7 Å². The Labute approximate surface area is 179 Å². The summed E-state index contributed by atoms with van der Waals surface area (Å²) in [5.74, 6) is 1.90. The minimum Gasteiger partial charge on any atom is -0.193 e. The van der Waals surface area contributed by atoms with Crippen molar-refractivity contribution in [3.8, 4) is 6.07 Å². The van der Waals surface area contributed by atoms with Crippen LogP contribution >= 0.6 is 0 Å². The molecule has 158 valence electrons. The quantitative estimate of drug-likeness (QED) is 0.188. The molecule has 0 spiro atoms. The zero-order valence-corrected chi connectivity index (χ0v) is 18.6. The summed E-state index contributed by atoms with van der Waals surface area (Å²) >= 11 is 0. The lowest BCUT2D eigenvalue weighted by molar-refractivity contribution is 0.250. The molecule has 1 fully saturated rings. The molecule has 0 amide bonds. The van der Waals surface area contributed by atoms with Crippen LogP contribution in [-0.2, 0) is 12.8 Å². The number of hydrogen-bond donors (Lipinski definition) is 0. The van der Waals surface area contributed by atoms with Gasteiger partial charge in [-0.15, -0.1) is 0 Å². The number of aryl methyl sites for hydroxylation is 2. The van der Waals surface area contributed by atoms with E-state index in [1.165, 1.54) is 101 Å². The summed E-state index contributed by atoms with van der Waals surface area (Å²) in [5, 5.41) is 8.46. The third-order valence-corrected chi connectivity index (χ3v) is 6.55. The third kappa shape index (κ3) is 10.5. The van der Waals surface area contributed by atoms with Gasteiger partial charge in [-0.05, 0) is 61.5 Å². The molecule has 0 atom stereocenters. The SMILES string of the molecule is CCCCCc1ccc(CCCC[C@H]2CC[C@H](CC/C=C/C=C/C#N)CC2)cc1. The van der Waals surface area contributed by atoms with Gasteiger partial charge < -0.3 is 0 Å². The van der Waals surface area contributed by atoms with Crippen LogP contribution in [0.3, 0.4) is 0 Å². The molecule has 1 aromatic carbocycles. The molecule has 0 aromatic heterocycles. The highest BCUT2D eigenvalue weighted by molar-refractivity contribution is 5.22. The fraction of sp³-hybridized carbons (Fsp3) is 0.607. The molecule has 0 N–H and O–H groups in total. The van der Waals surface area contributed by atoms with Crippen LogP contribution in [0.5, 0.6) is 0 Å². The second-order valence-corrected chi connectivity index (χ2v) is 8.90. The molecule has 1 aliphatic carbocycles. The van der Waals surface area contributed by atoms with Crippen molar-refractivity contribution in [3.63, 3.8) is 0 Å². The highest BCUT2D eigenvalue weighted by Crippen LogP contribution is 2.34. The van der Waals surface area contributed by atoms with Gasteiger partial charge in [-0.3, -0.25) is 0 Å². The summed E-state index contributed by atoms with van der Waals surface area (Å²) in [6, 6.07) is 11.4. The predicted molar refractivity (Wildman–Crippen MR) is 126 cm³/mol. The maximum absolute atomic E-state index is 8.46. The first-order valence-corrected chi connectivity index (χ1v) is 12.1. The molecule has 1 nitrogen and oxygen atoms in total. The number of unbranched alkanes of at least 4 members (excludes halogenated alkanes) is 3. The van der Waals surface area contributed by atoms with Crippen molar-refractivity contribution in [1.29, 1.82) is 5.26 Å². The Balaban J connectivity index is 1.52. The third-order valence-electron chi connectivity index (χ3n) is 6.55. The molecule has 1 saturated carbocycles. The van der Waals surface area contributed by atoms with Crippen LogP contribution in [0, 0.1) is 23.2 Å². The van der Waals surface area contributed by atoms with Crippen molar-refractivity contribution >= 4 is 0 Å². The summed E-state index contributed by atoms with van der Waals surface area (Å²) in [7, 11) is 0. The van der Waals surface area contributed by atoms with Crippen molar-refractivity contribution in [1.82, 2.24) is 0 Å². The number of hydrogen-bond acceptors (Lipinski definition) is 1. The summed E-state index contributed by atoms with van der Waals surface area (Å²) in [6.07, 6.45) is 26.4. The summed E-state index contributed by atoms with van der Waals surface area (Å²) < 4.78 is 0. The van der Waals surface area contributed by atoms with E-state index in [0.717, 1.165) is 18.3 Å². The van der Waals surface area contributed by atoms with Crippen molar-refractivity contribution in [2.45, 2.75) is 96.8 Å². The molecule has 2 rings (SSSR count). The van der Waals surface area contributed by atoms with E-state index in [1.54, 1.807) is 0 Å². The topological polar surface area (TPSA) is 23.8 Å². The van der Waals surface area contributed by atoms with Gasteiger partial charge in [0.2, 0.25) is 0 Å². The van der Waals surface area contributed by atoms with Gasteiger partial charge in [0.25, 0.3) is 0 Å². The van der Waals surface area contributed by atoms with Crippen molar-refractivity contribution < 1.29 is 0 Å². The van der Waals surface area contributed by atoms with E-state index in [-0.39, 0.29) is 0 Å². The lowest BCUT2D eigenvalue weighted by Gasteiger charge is -2.28. The molecule has 1 heteroatoms. The van der Waals surface area contributed by atoms with Gasteiger partial charge in [-0.1, -0.05) is 101 Å². The largest absolute Gasteiger partial charge is 0.193 e. The van der Waals surface area contributed by atoms with E-state index in [1.807, 2.05) is 18.2 Å². The van der Waals surface area contributed by atoms with Gasteiger partial charge >= 0.3 is 0 Å². The van der Waals surface area contributed by atoms with E-state index in [0.29, 0.717) is 0 Å². The van der Waals surface area contributed by atoms with Crippen molar-refractivity contribution in [2.75, 3.05) is 0 Å². The average Bonchev–Trinajstić information content (AvgIpc) is 2.76. The Hall–Kier alpha value is -1.81. The summed E-state index contributed by atoms with van der Waals surface area (Å²) in [5.41, 5.74) is 3.03. The predicted octanol–water partition coefficient (Wildman–Crippen LogP) is 8.35. The van der Waals surface area contributed by atoms with E-state index in [9.17, 15) is 0 Å². The highest BCUT2D eigenvalue weighted by Gasteiger charge is 2.20. The Kier molecular flexibility index (Phi) is 12.2. The average molecular weight is 392 g/mol. The number of nitriles is 1. The van der Waals surface area contributed by atoms with E-state index >= 15 is 0 Å². The van der Waals surface area contributed by atoms with Gasteiger partial charge in [0.15, 0.2) is 0 Å². The fourth-order valence-electron chi connectivity index (χ4n) is 4.63. The van der Waals surface area contributed by atoms with Crippen LogP contribution in [0.25, 0.3) is 0 Å². The summed E-state index contributed by atoms with van der Waals surface area (Å²) in [4.78, 5) is 0. The zero-order valence-electron chi connectivity index (χ0n) is 18.6. The van der Waals surface area contributed by atoms with Gasteiger partial charge in [-0.25, -0.2) is 0 Å². The molecule has 0 heterocycles. The first-order valence-electron chi connectivity index (χ1n) is 12.1. The van der Waals surface area contributed by atoms with Gasteiger partial charge in [-0.2, -0.15) is 5.26 Å². The molecule has 0 saturated heterocycles.